The van der Waals surface area contributed by atoms with Crippen LogP contribution in [0, 0.1) is 11.3 Å². The smallest absolute Gasteiger partial charge is 0.266 e. The van der Waals surface area contributed by atoms with Gasteiger partial charge in [0.15, 0.2) is 5.09 Å². The van der Waals surface area contributed by atoms with Crippen molar-refractivity contribution in [3.05, 3.63) is 83.1 Å². The number of nitriles is 1. The molecule has 0 spiro atoms. The summed E-state index contributed by atoms with van der Waals surface area (Å²) in [6.07, 6.45) is 1.37. The second kappa shape index (κ2) is 9.30. The monoisotopic (exact) mass is 448 g/mol. The van der Waals surface area contributed by atoms with E-state index in [4.69, 9.17) is 16.0 Å². The molecule has 1 amide bonds. The zero-order chi connectivity index (χ0) is 21.6. The van der Waals surface area contributed by atoms with Crippen LogP contribution in [0.1, 0.15) is 5.76 Å². The van der Waals surface area contributed by atoms with Crippen LogP contribution in [0.3, 0.4) is 0 Å². The molecule has 10 heteroatoms. The van der Waals surface area contributed by atoms with Gasteiger partial charge in [0.05, 0.1) is 5.69 Å². The number of tetrazole rings is 1. The summed E-state index contributed by atoms with van der Waals surface area (Å²) in [6, 6.07) is 21.4. The number of carbonyl (C=O) groups excluding carboxylic acids is 1. The zero-order valence-electron chi connectivity index (χ0n) is 15.8. The molecule has 8 nitrogen and oxygen atoms in total. The van der Waals surface area contributed by atoms with Crippen molar-refractivity contribution in [2.75, 3.05) is 5.32 Å². The van der Waals surface area contributed by atoms with Crippen LogP contribution in [-0.4, -0.2) is 26.1 Å². The summed E-state index contributed by atoms with van der Waals surface area (Å²) >= 11 is 7.14. The molecule has 0 aliphatic rings. The molecule has 1 N–H and O–H groups in total. The van der Waals surface area contributed by atoms with E-state index in [1.807, 2.05) is 36.4 Å². The van der Waals surface area contributed by atoms with Crippen molar-refractivity contribution < 1.29 is 9.21 Å². The number of anilines is 1. The Balaban J connectivity index is 1.49. The summed E-state index contributed by atoms with van der Waals surface area (Å²) in [7, 11) is 0. The van der Waals surface area contributed by atoms with Crippen LogP contribution >= 0.6 is 23.4 Å². The van der Waals surface area contributed by atoms with Gasteiger partial charge in [-0.25, -0.2) is 0 Å². The number of nitrogens with zero attached hydrogens (tertiary/aromatic N) is 5. The molecular formula is C21H13ClN6O2S. The van der Waals surface area contributed by atoms with E-state index in [0.717, 1.165) is 5.69 Å². The van der Waals surface area contributed by atoms with Crippen LogP contribution < -0.4 is 5.32 Å². The van der Waals surface area contributed by atoms with Gasteiger partial charge in [-0.2, -0.15) is 9.94 Å². The highest BCUT2D eigenvalue weighted by Crippen LogP contribution is 2.29. The highest BCUT2D eigenvalue weighted by atomic mass is 35.5. The summed E-state index contributed by atoms with van der Waals surface area (Å²) in [5.41, 5.74) is 1.19. The first-order chi connectivity index (χ1) is 15.1. The molecule has 2 aromatic heterocycles. The van der Waals surface area contributed by atoms with Gasteiger partial charge in [0.1, 0.15) is 17.4 Å². The average Bonchev–Trinajstić information content (AvgIpc) is 3.42. The van der Waals surface area contributed by atoms with Gasteiger partial charge in [0.2, 0.25) is 5.16 Å². The minimum atomic E-state index is -0.566. The first kappa shape index (κ1) is 20.4. The van der Waals surface area contributed by atoms with Crippen molar-refractivity contribution in [1.82, 2.24) is 20.2 Å². The number of para-hydroxylation sites is 1. The predicted octanol–water partition coefficient (Wildman–Crippen LogP) is 4.61. The topological polar surface area (TPSA) is 110 Å². The lowest BCUT2D eigenvalue weighted by molar-refractivity contribution is -0.112. The van der Waals surface area contributed by atoms with Gasteiger partial charge in [0, 0.05) is 16.8 Å². The van der Waals surface area contributed by atoms with Gasteiger partial charge in [-0.3, -0.25) is 4.79 Å². The van der Waals surface area contributed by atoms with Gasteiger partial charge in [-0.1, -0.05) is 35.9 Å². The fraction of sp³-hybridized carbons (Fsp3) is 0. The van der Waals surface area contributed by atoms with Crippen molar-refractivity contribution in [3.8, 4) is 11.8 Å². The molecule has 2 heterocycles. The molecule has 0 atom stereocenters. The van der Waals surface area contributed by atoms with Gasteiger partial charge in [-0.15, -0.1) is 5.10 Å². The molecule has 31 heavy (non-hydrogen) atoms. The Morgan fingerprint density at radius 1 is 1.16 bits per heavy atom. The maximum absolute atomic E-state index is 12.4. The number of hydrogen-bond acceptors (Lipinski definition) is 7. The molecule has 0 aliphatic heterocycles. The van der Waals surface area contributed by atoms with E-state index >= 15 is 0 Å². The molecule has 0 aliphatic carbocycles. The largest absolute Gasteiger partial charge is 0.450 e. The normalized spacial score (nSPS) is 11.2. The summed E-state index contributed by atoms with van der Waals surface area (Å²) in [5, 5.41) is 25.2. The first-order valence-electron chi connectivity index (χ1n) is 8.92. The standard InChI is InChI=1S/C21H13ClN6O2S/c22-15-5-4-6-16(12-15)24-20(29)14(13-23)11-18-9-10-19(30-18)31-21-25-26-27-28(21)17-7-2-1-3-8-17/h1-12H,(H,24,29)/b14-11+. The molecule has 0 saturated heterocycles. The van der Waals surface area contributed by atoms with Crippen LogP contribution in [0.25, 0.3) is 11.8 Å². The van der Waals surface area contributed by atoms with E-state index in [1.165, 1.54) is 17.8 Å². The number of rotatable bonds is 6. The summed E-state index contributed by atoms with van der Waals surface area (Å²) in [5.74, 6) is -0.220. The van der Waals surface area contributed by atoms with Crippen LogP contribution in [0.5, 0.6) is 0 Å². The lowest BCUT2D eigenvalue weighted by Crippen LogP contribution is -2.13. The third kappa shape index (κ3) is 5.01. The number of hydrogen-bond donors (Lipinski definition) is 1. The Morgan fingerprint density at radius 3 is 2.77 bits per heavy atom. The summed E-state index contributed by atoms with van der Waals surface area (Å²) in [6.45, 7) is 0. The molecule has 4 aromatic rings. The number of halogens is 1. The van der Waals surface area contributed by atoms with Gasteiger partial charge in [-0.05, 0) is 64.7 Å². The Labute approximate surface area is 186 Å². The highest BCUT2D eigenvalue weighted by molar-refractivity contribution is 7.99. The number of nitrogens with one attached hydrogen (secondary N) is 1. The lowest BCUT2D eigenvalue weighted by atomic mass is 10.2. The highest BCUT2D eigenvalue weighted by Gasteiger charge is 2.14. The summed E-state index contributed by atoms with van der Waals surface area (Å²) < 4.78 is 7.31. The summed E-state index contributed by atoms with van der Waals surface area (Å²) in [4.78, 5) is 12.4. The Morgan fingerprint density at radius 2 is 2.00 bits per heavy atom. The van der Waals surface area contributed by atoms with Gasteiger partial charge < -0.3 is 9.73 Å². The van der Waals surface area contributed by atoms with Crippen molar-refractivity contribution >= 4 is 41.0 Å². The lowest BCUT2D eigenvalue weighted by Gasteiger charge is -2.04. The molecule has 2 aromatic carbocycles. The van der Waals surface area contributed by atoms with Gasteiger partial charge >= 0.3 is 0 Å². The molecule has 0 saturated carbocycles. The Bertz CT molecular complexity index is 1290. The zero-order valence-corrected chi connectivity index (χ0v) is 17.3. The minimum absolute atomic E-state index is 0.111. The predicted molar refractivity (Wildman–Crippen MR) is 116 cm³/mol. The maximum atomic E-state index is 12.4. The maximum Gasteiger partial charge on any atom is 0.266 e. The molecule has 0 radical (unpaired) electrons. The van der Waals surface area contributed by atoms with E-state index < -0.39 is 5.91 Å². The quantitative estimate of drug-likeness (QED) is 0.339. The van der Waals surface area contributed by atoms with Crippen molar-refractivity contribution in [2.24, 2.45) is 0 Å². The molecule has 0 bridgehead atoms. The second-order valence-corrected chi connectivity index (χ2v) is 7.51. The van der Waals surface area contributed by atoms with E-state index in [2.05, 4.69) is 20.8 Å². The average molecular weight is 449 g/mol. The molecule has 4 rings (SSSR count). The molecule has 0 fully saturated rings. The van der Waals surface area contributed by atoms with E-state index in [-0.39, 0.29) is 5.57 Å². The van der Waals surface area contributed by atoms with Crippen LogP contribution in [0.4, 0.5) is 5.69 Å². The molecular weight excluding hydrogens is 436 g/mol. The number of carbonyl (C=O) groups is 1. The molecule has 152 valence electrons. The SMILES string of the molecule is N#C/C(=C\c1ccc(Sc2nnnn2-c2ccccc2)o1)C(=O)Nc1cccc(Cl)c1. The van der Waals surface area contributed by atoms with Crippen LogP contribution in [0.2, 0.25) is 5.02 Å². The number of aromatic nitrogens is 4. The molecule has 0 unspecified atom stereocenters. The van der Waals surface area contributed by atoms with Crippen LogP contribution in [-0.2, 0) is 4.79 Å². The third-order valence-corrected chi connectivity index (χ3v) is 5.06. The fourth-order valence-corrected chi connectivity index (χ4v) is 3.54. The fourth-order valence-electron chi connectivity index (χ4n) is 2.59. The number of benzene rings is 2. The van der Waals surface area contributed by atoms with Crippen molar-refractivity contribution in [2.45, 2.75) is 10.2 Å². The Kier molecular flexibility index (Phi) is 6.12. The van der Waals surface area contributed by atoms with E-state index in [9.17, 15) is 10.1 Å². The third-order valence-electron chi connectivity index (χ3n) is 3.97. The first-order valence-corrected chi connectivity index (χ1v) is 10.1. The Hall–Kier alpha value is -3.87. The van der Waals surface area contributed by atoms with Crippen molar-refractivity contribution in [3.63, 3.8) is 0 Å². The number of amides is 1. The second-order valence-electron chi connectivity index (χ2n) is 6.10. The van der Waals surface area contributed by atoms with E-state index in [1.54, 1.807) is 41.1 Å². The van der Waals surface area contributed by atoms with Crippen LogP contribution in [0.15, 0.2) is 87.0 Å². The van der Waals surface area contributed by atoms with Gasteiger partial charge in [0.25, 0.3) is 5.91 Å². The van der Waals surface area contributed by atoms with E-state index in [0.29, 0.717) is 26.7 Å². The minimum Gasteiger partial charge on any atom is -0.450 e. The van der Waals surface area contributed by atoms with Crippen molar-refractivity contribution in [1.29, 1.82) is 5.26 Å². The number of furan rings is 1.